The highest BCUT2D eigenvalue weighted by atomic mass is 127. The third kappa shape index (κ3) is 7.28. The van der Waals surface area contributed by atoms with E-state index in [0.717, 1.165) is 17.7 Å². The van der Waals surface area contributed by atoms with Gasteiger partial charge in [0.25, 0.3) is 0 Å². The van der Waals surface area contributed by atoms with Crippen LogP contribution in [0.2, 0.25) is 0 Å². The summed E-state index contributed by atoms with van der Waals surface area (Å²) in [7, 11) is 1.59. The first-order valence-corrected chi connectivity index (χ1v) is 8.33. The molecular formula is C19H23F3IN3O. The molecule has 0 radical (unpaired) electrons. The number of rotatable bonds is 7. The fourth-order valence-corrected chi connectivity index (χ4v) is 2.38. The van der Waals surface area contributed by atoms with Crippen LogP contribution in [0, 0.1) is 17.5 Å². The van der Waals surface area contributed by atoms with Crippen LogP contribution in [0.4, 0.5) is 13.2 Å². The van der Waals surface area contributed by atoms with Crippen LogP contribution in [0.5, 0.6) is 5.75 Å². The number of nitrogens with one attached hydrogen (secondary N) is 2. The zero-order valence-electron chi connectivity index (χ0n) is 15.2. The third-order valence-electron chi connectivity index (χ3n) is 3.67. The number of nitrogens with zero attached hydrogens (tertiary/aromatic N) is 1. The van der Waals surface area contributed by atoms with Gasteiger partial charge in [0.05, 0.1) is 6.61 Å². The van der Waals surface area contributed by atoms with Gasteiger partial charge in [-0.3, -0.25) is 4.99 Å². The molecule has 4 nitrogen and oxygen atoms in total. The van der Waals surface area contributed by atoms with E-state index in [2.05, 4.69) is 15.6 Å². The van der Waals surface area contributed by atoms with Gasteiger partial charge in [-0.05, 0) is 54.8 Å². The summed E-state index contributed by atoms with van der Waals surface area (Å²) in [6.07, 6.45) is 0.308. The van der Waals surface area contributed by atoms with Crippen LogP contribution in [0.3, 0.4) is 0 Å². The number of halogens is 4. The third-order valence-corrected chi connectivity index (χ3v) is 3.67. The van der Waals surface area contributed by atoms with E-state index in [9.17, 15) is 13.2 Å². The molecule has 0 aliphatic heterocycles. The molecule has 0 saturated carbocycles. The molecule has 0 aliphatic rings. The van der Waals surface area contributed by atoms with Gasteiger partial charge in [-0.2, -0.15) is 0 Å². The lowest BCUT2D eigenvalue weighted by Crippen LogP contribution is -2.37. The quantitative estimate of drug-likeness (QED) is 0.348. The number of hydrogen-bond acceptors (Lipinski definition) is 2. The van der Waals surface area contributed by atoms with Gasteiger partial charge >= 0.3 is 0 Å². The first-order valence-electron chi connectivity index (χ1n) is 8.33. The standard InChI is InChI=1S/C19H22F3N3O.HI/c1-3-26-18-7-4-13(10-17(18)22)12-25-19(23-2)24-9-8-14-11-15(20)5-6-16(14)21;/h4-7,10-11H,3,8-9,12H2,1-2H3,(H2,23,24,25);1H. The Balaban J connectivity index is 0.00000364. The van der Waals surface area contributed by atoms with Gasteiger partial charge in [-0.15, -0.1) is 24.0 Å². The van der Waals surface area contributed by atoms with E-state index < -0.39 is 17.5 Å². The molecule has 148 valence electrons. The largest absolute Gasteiger partial charge is 0.491 e. The lowest BCUT2D eigenvalue weighted by Gasteiger charge is -2.13. The first-order chi connectivity index (χ1) is 12.5. The van der Waals surface area contributed by atoms with E-state index in [0.29, 0.717) is 37.6 Å². The maximum Gasteiger partial charge on any atom is 0.191 e. The molecule has 0 heterocycles. The van der Waals surface area contributed by atoms with Crippen molar-refractivity contribution in [3.63, 3.8) is 0 Å². The van der Waals surface area contributed by atoms with Crippen molar-refractivity contribution in [2.45, 2.75) is 19.9 Å². The lowest BCUT2D eigenvalue weighted by atomic mass is 10.1. The van der Waals surface area contributed by atoms with Gasteiger partial charge in [-0.25, -0.2) is 13.2 Å². The average molecular weight is 493 g/mol. The van der Waals surface area contributed by atoms with Crippen molar-refractivity contribution in [1.29, 1.82) is 0 Å². The zero-order valence-corrected chi connectivity index (χ0v) is 17.5. The Morgan fingerprint density at radius 2 is 1.81 bits per heavy atom. The fourth-order valence-electron chi connectivity index (χ4n) is 2.38. The number of ether oxygens (including phenoxy) is 1. The van der Waals surface area contributed by atoms with E-state index >= 15 is 0 Å². The summed E-state index contributed by atoms with van der Waals surface area (Å²) in [5.41, 5.74) is 1.02. The highest BCUT2D eigenvalue weighted by Crippen LogP contribution is 2.18. The van der Waals surface area contributed by atoms with Crippen LogP contribution in [-0.4, -0.2) is 26.2 Å². The smallest absolute Gasteiger partial charge is 0.191 e. The molecule has 0 spiro atoms. The molecule has 2 N–H and O–H groups in total. The minimum absolute atomic E-state index is 0. The lowest BCUT2D eigenvalue weighted by molar-refractivity contribution is 0.321. The molecule has 2 rings (SSSR count). The maximum atomic E-state index is 13.8. The number of guanidine groups is 1. The van der Waals surface area contributed by atoms with E-state index in [1.807, 2.05) is 0 Å². The van der Waals surface area contributed by atoms with Crippen molar-refractivity contribution < 1.29 is 17.9 Å². The highest BCUT2D eigenvalue weighted by molar-refractivity contribution is 14.0. The van der Waals surface area contributed by atoms with Gasteiger partial charge in [0.1, 0.15) is 11.6 Å². The minimum atomic E-state index is -0.471. The Kier molecular flexibility index (Phi) is 9.98. The van der Waals surface area contributed by atoms with Crippen LogP contribution in [-0.2, 0) is 13.0 Å². The summed E-state index contributed by atoms with van der Waals surface area (Å²) in [4.78, 5) is 4.05. The fraction of sp³-hybridized carbons (Fsp3) is 0.316. The number of aliphatic imine (C=N–C) groups is 1. The van der Waals surface area contributed by atoms with Crippen LogP contribution >= 0.6 is 24.0 Å². The zero-order chi connectivity index (χ0) is 18.9. The summed E-state index contributed by atoms with van der Waals surface area (Å²) < 4.78 is 45.7. The summed E-state index contributed by atoms with van der Waals surface area (Å²) in [6.45, 7) is 2.92. The predicted octanol–water partition coefficient (Wildman–Crippen LogP) is 4.03. The predicted molar refractivity (Wildman–Crippen MR) is 111 cm³/mol. The second-order valence-electron chi connectivity index (χ2n) is 5.54. The number of hydrogen-bond donors (Lipinski definition) is 2. The molecule has 0 saturated heterocycles. The Labute approximate surface area is 174 Å². The van der Waals surface area contributed by atoms with Gasteiger partial charge in [0.15, 0.2) is 17.5 Å². The number of benzene rings is 2. The van der Waals surface area contributed by atoms with Crippen molar-refractivity contribution in [2.24, 2.45) is 4.99 Å². The van der Waals surface area contributed by atoms with Crippen molar-refractivity contribution in [1.82, 2.24) is 10.6 Å². The molecule has 27 heavy (non-hydrogen) atoms. The van der Waals surface area contributed by atoms with Crippen molar-refractivity contribution in [3.8, 4) is 5.75 Å². The average Bonchev–Trinajstić information content (AvgIpc) is 2.63. The Morgan fingerprint density at radius 1 is 1.04 bits per heavy atom. The van der Waals surface area contributed by atoms with E-state index in [1.54, 1.807) is 26.1 Å². The second kappa shape index (κ2) is 11.7. The normalized spacial score (nSPS) is 10.9. The van der Waals surface area contributed by atoms with Crippen LogP contribution in [0.1, 0.15) is 18.1 Å². The first kappa shape index (κ1) is 23.1. The molecular weight excluding hydrogens is 470 g/mol. The topological polar surface area (TPSA) is 45.6 Å². The molecule has 0 fully saturated rings. The Bertz CT molecular complexity index is 772. The molecule has 0 aliphatic carbocycles. The molecule has 2 aromatic carbocycles. The molecule has 8 heteroatoms. The maximum absolute atomic E-state index is 13.8. The van der Waals surface area contributed by atoms with Crippen molar-refractivity contribution in [2.75, 3.05) is 20.2 Å². The Hall–Kier alpha value is -1.97. The van der Waals surface area contributed by atoms with E-state index in [1.165, 1.54) is 12.1 Å². The summed E-state index contributed by atoms with van der Waals surface area (Å²) in [5, 5.41) is 6.05. The van der Waals surface area contributed by atoms with Crippen LogP contribution < -0.4 is 15.4 Å². The van der Waals surface area contributed by atoms with Gasteiger partial charge < -0.3 is 15.4 Å². The molecule has 2 aromatic rings. The van der Waals surface area contributed by atoms with Crippen molar-refractivity contribution >= 4 is 29.9 Å². The summed E-state index contributed by atoms with van der Waals surface area (Å²) in [5.74, 6) is -0.634. The van der Waals surface area contributed by atoms with Gasteiger partial charge in [0.2, 0.25) is 0 Å². The second-order valence-corrected chi connectivity index (χ2v) is 5.54. The summed E-state index contributed by atoms with van der Waals surface area (Å²) >= 11 is 0. The van der Waals surface area contributed by atoms with Crippen LogP contribution in [0.15, 0.2) is 41.4 Å². The molecule has 0 amide bonds. The van der Waals surface area contributed by atoms with E-state index in [4.69, 9.17) is 4.74 Å². The molecule has 0 aromatic heterocycles. The SMILES string of the molecule is CCOc1ccc(CNC(=NC)NCCc2cc(F)ccc2F)cc1F.I. The molecule has 0 unspecified atom stereocenters. The molecule has 0 bridgehead atoms. The summed E-state index contributed by atoms with van der Waals surface area (Å²) in [6, 6.07) is 8.11. The monoisotopic (exact) mass is 493 g/mol. The Morgan fingerprint density at radius 3 is 2.48 bits per heavy atom. The minimum Gasteiger partial charge on any atom is -0.491 e. The van der Waals surface area contributed by atoms with Gasteiger partial charge in [0, 0.05) is 20.1 Å². The van der Waals surface area contributed by atoms with E-state index in [-0.39, 0.29) is 29.7 Å². The highest BCUT2D eigenvalue weighted by Gasteiger charge is 2.06. The van der Waals surface area contributed by atoms with Gasteiger partial charge in [-0.1, -0.05) is 6.07 Å². The van der Waals surface area contributed by atoms with Crippen molar-refractivity contribution in [3.05, 3.63) is 65.0 Å². The van der Waals surface area contributed by atoms with Crippen LogP contribution in [0.25, 0.3) is 0 Å². The molecule has 0 atom stereocenters.